The second kappa shape index (κ2) is 12.3. The first-order chi connectivity index (χ1) is 6.35. The van der Waals surface area contributed by atoms with Gasteiger partial charge in [-0.3, -0.25) is 0 Å². The zero-order valence-corrected chi connectivity index (χ0v) is 9.55. The van der Waals surface area contributed by atoms with Crippen molar-refractivity contribution in [3.05, 3.63) is 12.4 Å². The Morgan fingerprint density at radius 2 is 1.93 bits per heavy atom. The summed E-state index contributed by atoms with van der Waals surface area (Å²) in [7, 11) is 0. The highest BCUT2D eigenvalue weighted by molar-refractivity contribution is 4.82. The van der Waals surface area contributed by atoms with E-state index in [2.05, 4.69) is 24.5 Å². The van der Waals surface area contributed by atoms with Gasteiger partial charge in [0, 0.05) is 19.9 Å². The molecule has 0 atom stereocenters. The highest BCUT2D eigenvalue weighted by Crippen LogP contribution is 2.00. The first-order valence-electron chi connectivity index (χ1n) is 5.18. The van der Waals surface area contributed by atoms with Gasteiger partial charge in [-0.1, -0.05) is 20.3 Å². The van der Waals surface area contributed by atoms with Crippen molar-refractivity contribution in [1.82, 2.24) is 16.8 Å². The first kappa shape index (κ1) is 15.7. The molecule has 1 aliphatic rings. The fourth-order valence-electron chi connectivity index (χ4n) is 1.18. The Hall–Kier alpha value is -0.740. The van der Waals surface area contributed by atoms with Crippen LogP contribution < -0.4 is 22.5 Å². The molecule has 1 fully saturated rings. The summed E-state index contributed by atoms with van der Waals surface area (Å²) in [5.74, 6) is 0. The zero-order valence-electron chi connectivity index (χ0n) is 9.55. The van der Waals surface area contributed by atoms with Crippen LogP contribution in [0.2, 0.25) is 0 Å². The Morgan fingerprint density at radius 3 is 2.36 bits per heavy atom. The van der Waals surface area contributed by atoms with E-state index in [0.717, 1.165) is 13.1 Å². The average molecular weight is 204 g/mol. The number of hydrogen-bond acceptors (Lipinski definition) is 4. The molecule has 7 N–H and O–H groups in total. The van der Waals surface area contributed by atoms with E-state index in [1.807, 2.05) is 6.20 Å². The molecule has 0 radical (unpaired) electrons. The minimum absolute atomic E-state index is 0. The molecule has 0 bridgehead atoms. The molecule has 1 aliphatic heterocycles. The van der Waals surface area contributed by atoms with E-state index in [1.54, 1.807) is 6.20 Å². The molecule has 0 aromatic rings. The molecule has 0 amide bonds. The van der Waals surface area contributed by atoms with Gasteiger partial charge in [0.2, 0.25) is 0 Å². The van der Waals surface area contributed by atoms with E-state index in [4.69, 9.17) is 5.73 Å². The van der Waals surface area contributed by atoms with Crippen molar-refractivity contribution in [3.63, 3.8) is 0 Å². The highest BCUT2D eigenvalue weighted by Gasteiger charge is 2.09. The van der Waals surface area contributed by atoms with Crippen LogP contribution in [0.4, 0.5) is 0 Å². The van der Waals surface area contributed by atoms with Gasteiger partial charge in [-0.05, 0) is 25.9 Å². The Morgan fingerprint density at radius 1 is 1.43 bits per heavy atom. The molecule has 14 heavy (non-hydrogen) atoms. The van der Waals surface area contributed by atoms with Crippen molar-refractivity contribution < 1.29 is 1.43 Å². The Labute approximate surface area is 89.4 Å². The number of piperidine rings is 1. The van der Waals surface area contributed by atoms with E-state index in [0.29, 0.717) is 6.04 Å². The topological polar surface area (TPSA) is 85.1 Å². The summed E-state index contributed by atoms with van der Waals surface area (Å²) >= 11 is 0. The van der Waals surface area contributed by atoms with E-state index < -0.39 is 0 Å². The van der Waals surface area contributed by atoms with Crippen LogP contribution in [0, 0.1) is 0 Å². The highest BCUT2D eigenvalue weighted by atomic mass is 15.0. The standard InChI is InChI=1S/C7H15N3.C3H8.H3N.H2/c8-3-6-10-7-1-4-9-5-2-7;1-3-2;;/h3,6-7,9-10H,1-2,4-5,8H2;3H2,1-2H3;1H3;1H/b6-3-;;;. The van der Waals surface area contributed by atoms with Gasteiger partial charge in [0.1, 0.15) is 0 Å². The number of rotatable bonds is 2. The van der Waals surface area contributed by atoms with Gasteiger partial charge in [0.05, 0.1) is 0 Å². The van der Waals surface area contributed by atoms with Crippen molar-refractivity contribution in [3.8, 4) is 0 Å². The molecule has 0 spiro atoms. The summed E-state index contributed by atoms with van der Waals surface area (Å²) < 4.78 is 0. The van der Waals surface area contributed by atoms with Crippen LogP contribution in [0.5, 0.6) is 0 Å². The van der Waals surface area contributed by atoms with Crippen molar-refractivity contribution in [1.29, 1.82) is 0 Å². The van der Waals surface area contributed by atoms with Crippen molar-refractivity contribution in [2.45, 2.75) is 39.2 Å². The van der Waals surface area contributed by atoms with E-state index in [1.165, 1.54) is 19.3 Å². The van der Waals surface area contributed by atoms with E-state index >= 15 is 0 Å². The molecule has 0 aromatic carbocycles. The van der Waals surface area contributed by atoms with Crippen LogP contribution in [-0.2, 0) is 0 Å². The lowest BCUT2D eigenvalue weighted by Gasteiger charge is -2.22. The molecule has 4 heteroatoms. The SMILES string of the molecule is CCC.N.N/C=C\NC1CCNCC1.[HH]. The molecule has 1 saturated heterocycles. The van der Waals surface area contributed by atoms with E-state index in [-0.39, 0.29) is 7.58 Å². The van der Waals surface area contributed by atoms with Crippen molar-refractivity contribution >= 4 is 0 Å². The maximum atomic E-state index is 5.19. The third-order valence-corrected chi connectivity index (χ3v) is 1.77. The summed E-state index contributed by atoms with van der Waals surface area (Å²) in [6.45, 7) is 6.49. The Kier molecular flexibility index (Phi) is 13.8. The van der Waals surface area contributed by atoms with Crippen LogP contribution in [0.25, 0.3) is 0 Å². The lowest BCUT2D eigenvalue weighted by Crippen LogP contribution is -2.37. The monoisotopic (exact) mass is 204 g/mol. The van der Waals surface area contributed by atoms with Crippen LogP contribution >= 0.6 is 0 Å². The predicted octanol–water partition coefficient (Wildman–Crippen LogP) is 1.58. The quantitative estimate of drug-likeness (QED) is 0.550. The molecule has 0 aliphatic carbocycles. The predicted molar refractivity (Wildman–Crippen MR) is 65.5 cm³/mol. The third kappa shape index (κ3) is 9.35. The third-order valence-electron chi connectivity index (χ3n) is 1.77. The van der Waals surface area contributed by atoms with Gasteiger partial charge in [-0.25, -0.2) is 0 Å². The molecule has 0 saturated carbocycles. The molecule has 0 unspecified atom stereocenters. The lowest BCUT2D eigenvalue weighted by atomic mass is 10.1. The van der Waals surface area contributed by atoms with Crippen molar-refractivity contribution in [2.24, 2.45) is 5.73 Å². The first-order valence-corrected chi connectivity index (χ1v) is 5.18. The summed E-state index contributed by atoms with van der Waals surface area (Å²) in [6, 6.07) is 0.626. The zero-order chi connectivity index (χ0) is 9.94. The second-order valence-electron chi connectivity index (χ2n) is 3.26. The summed E-state index contributed by atoms with van der Waals surface area (Å²) in [4.78, 5) is 0. The number of nitrogens with two attached hydrogens (primary N) is 1. The van der Waals surface area contributed by atoms with Crippen LogP contribution in [0.15, 0.2) is 12.4 Å². The van der Waals surface area contributed by atoms with Gasteiger partial charge in [0.15, 0.2) is 0 Å². The maximum absolute atomic E-state index is 5.19. The number of nitrogens with one attached hydrogen (secondary N) is 2. The van der Waals surface area contributed by atoms with Crippen molar-refractivity contribution in [2.75, 3.05) is 13.1 Å². The molecule has 1 rings (SSSR count). The molecular formula is C10H28N4. The van der Waals surface area contributed by atoms with Gasteiger partial charge < -0.3 is 22.5 Å². The smallest absolute Gasteiger partial charge is 0.0280 e. The summed E-state index contributed by atoms with van der Waals surface area (Å²) in [5.41, 5.74) is 5.19. The minimum Gasteiger partial charge on any atom is -0.403 e. The maximum Gasteiger partial charge on any atom is 0.0280 e. The molecule has 4 nitrogen and oxygen atoms in total. The van der Waals surface area contributed by atoms with Gasteiger partial charge in [0.25, 0.3) is 0 Å². The van der Waals surface area contributed by atoms with Crippen LogP contribution in [0.1, 0.15) is 34.5 Å². The number of hydrogen-bond donors (Lipinski definition) is 4. The van der Waals surface area contributed by atoms with E-state index in [9.17, 15) is 0 Å². The second-order valence-corrected chi connectivity index (χ2v) is 3.26. The molecule has 0 aromatic heterocycles. The largest absolute Gasteiger partial charge is 0.403 e. The lowest BCUT2D eigenvalue weighted by molar-refractivity contribution is 0.420. The summed E-state index contributed by atoms with van der Waals surface area (Å²) in [6.07, 6.45) is 7.01. The van der Waals surface area contributed by atoms with Gasteiger partial charge >= 0.3 is 0 Å². The minimum atomic E-state index is 0. The fraction of sp³-hybridized carbons (Fsp3) is 0.800. The Balaban J connectivity index is -0.000000260. The molecule has 1 heterocycles. The fourth-order valence-corrected chi connectivity index (χ4v) is 1.18. The van der Waals surface area contributed by atoms with Gasteiger partial charge in [-0.15, -0.1) is 0 Å². The Bertz CT molecular complexity index is 125. The molecule has 88 valence electrons. The van der Waals surface area contributed by atoms with Crippen LogP contribution in [0.3, 0.4) is 0 Å². The normalized spacial score (nSPS) is 16.7. The van der Waals surface area contributed by atoms with Gasteiger partial charge in [-0.2, -0.15) is 0 Å². The average Bonchev–Trinajstić information content (AvgIpc) is 2.18. The van der Waals surface area contributed by atoms with Crippen LogP contribution in [-0.4, -0.2) is 19.1 Å². The molecular weight excluding hydrogens is 176 g/mol. The summed E-state index contributed by atoms with van der Waals surface area (Å²) in [5, 5.41) is 6.52.